The molecule has 0 spiro atoms. The van der Waals surface area contributed by atoms with Crippen molar-refractivity contribution in [3.8, 4) is 0 Å². The third-order valence-electron chi connectivity index (χ3n) is 4.06. The number of aliphatic hydroxyl groups excluding tert-OH is 1. The Morgan fingerprint density at radius 2 is 2.08 bits per heavy atom. The van der Waals surface area contributed by atoms with Crippen LogP contribution in [-0.4, -0.2) is 58.6 Å². The number of nitrogens with zero attached hydrogens (tertiary/aromatic N) is 3. The van der Waals surface area contributed by atoms with Gasteiger partial charge in [-0.1, -0.05) is 0 Å². The number of rotatable bonds is 6. The molecule has 9 heteroatoms. The minimum absolute atomic E-state index is 0.0348. The van der Waals surface area contributed by atoms with Crippen LogP contribution in [0.1, 0.15) is 25.7 Å². The van der Waals surface area contributed by atoms with Crippen molar-refractivity contribution in [1.29, 1.82) is 0 Å². The lowest BCUT2D eigenvalue weighted by Crippen LogP contribution is -2.29. The quantitative estimate of drug-likeness (QED) is 0.527. The number of hydrogen-bond acceptors (Lipinski definition) is 7. The van der Waals surface area contributed by atoms with E-state index in [1.54, 1.807) is 20.2 Å². The fourth-order valence-corrected chi connectivity index (χ4v) is 2.57. The fraction of sp³-hybridized carbons (Fsp3) is 0.600. The van der Waals surface area contributed by atoms with Gasteiger partial charge in [0.25, 0.3) is 0 Å². The number of aliphatic hydroxyl groups is 1. The number of nitrogens with one attached hydrogen (secondary N) is 2. The molecule has 0 saturated heterocycles. The number of carbonyl (C=O) groups excluding carboxylic acids is 1. The molecule has 1 fully saturated rings. The van der Waals surface area contributed by atoms with E-state index in [1.807, 2.05) is 0 Å². The summed E-state index contributed by atoms with van der Waals surface area (Å²) >= 11 is 0. The monoisotopic (exact) mass is 337 g/mol. The molecule has 24 heavy (non-hydrogen) atoms. The zero-order chi connectivity index (χ0) is 17.7. The van der Waals surface area contributed by atoms with Gasteiger partial charge in [0.15, 0.2) is 0 Å². The van der Waals surface area contributed by atoms with E-state index in [9.17, 15) is 20.0 Å². The summed E-state index contributed by atoms with van der Waals surface area (Å²) in [6.45, 7) is -0.0348. The van der Waals surface area contributed by atoms with Crippen LogP contribution < -0.4 is 10.6 Å². The van der Waals surface area contributed by atoms with Crippen molar-refractivity contribution in [2.45, 2.75) is 37.8 Å². The van der Waals surface area contributed by atoms with Gasteiger partial charge in [0.1, 0.15) is 17.7 Å². The third-order valence-corrected chi connectivity index (χ3v) is 4.06. The molecule has 1 heterocycles. The van der Waals surface area contributed by atoms with E-state index in [2.05, 4.69) is 15.6 Å². The van der Waals surface area contributed by atoms with Gasteiger partial charge in [-0.15, -0.1) is 0 Å². The molecule has 0 aliphatic heterocycles. The van der Waals surface area contributed by atoms with Crippen molar-refractivity contribution in [2.75, 3.05) is 31.3 Å². The van der Waals surface area contributed by atoms with Crippen molar-refractivity contribution in [3.05, 3.63) is 22.4 Å². The lowest BCUT2D eigenvalue weighted by Gasteiger charge is -2.26. The minimum Gasteiger partial charge on any atom is -0.393 e. The Labute approximate surface area is 140 Å². The van der Waals surface area contributed by atoms with Crippen LogP contribution in [0.5, 0.6) is 0 Å². The molecule has 1 aromatic rings. The van der Waals surface area contributed by atoms with Crippen LogP contribution in [-0.2, 0) is 4.79 Å². The number of pyridine rings is 1. The topological polar surface area (TPSA) is 121 Å². The Balaban J connectivity index is 2.08. The molecular formula is C15H23N5O4. The first-order chi connectivity index (χ1) is 11.4. The van der Waals surface area contributed by atoms with E-state index in [-0.39, 0.29) is 36.0 Å². The van der Waals surface area contributed by atoms with Gasteiger partial charge in [-0.3, -0.25) is 14.9 Å². The first-order valence-electron chi connectivity index (χ1n) is 7.90. The van der Waals surface area contributed by atoms with Crippen molar-refractivity contribution in [3.63, 3.8) is 0 Å². The van der Waals surface area contributed by atoms with Gasteiger partial charge in [0.2, 0.25) is 5.91 Å². The van der Waals surface area contributed by atoms with Crippen molar-refractivity contribution < 1.29 is 14.8 Å². The highest BCUT2D eigenvalue weighted by atomic mass is 16.6. The molecule has 2 rings (SSSR count). The van der Waals surface area contributed by atoms with E-state index in [0.717, 1.165) is 25.7 Å². The molecule has 3 N–H and O–H groups in total. The highest BCUT2D eigenvalue weighted by Gasteiger charge is 2.21. The maximum Gasteiger partial charge on any atom is 0.310 e. The maximum atomic E-state index is 11.7. The largest absolute Gasteiger partial charge is 0.393 e. The molecular weight excluding hydrogens is 314 g/mol. The lowest BCUT2D eigenvalue weighted by molar-refractivity contribution is -0.384. The number of likely N-dealkylation sites (N-methyl/N-ethyl adjacent to an activating group) is 1. The SMILES string of the molecule is CN(C)C(=O)CNc1cc(NC2CCC(O)CC2)ncc1[N+](=O)[O-]. The predicted octanol–water partition coefficient (Wildman–Crippen LogP) is 1.21. The van der Waals surface area contributed by atoms with Crippen LogP contribution in [0.4, 0.5) is 17.2 Å². The Bertz CT molecular complexity index is 600. The summed E-state index contributed by atoms with van der Waals surface area (Å²) in [7, 11) is 3.24. The van der Waals surface area contributed by atoms with Gasteiger partial charge in [-0.05, 0) is 25.7 Å². The van der Waals surface area contributed by atoms with Crippen LogP contribution in [0, 0.1) is 10.1 Å². The van der Waals surface area contributed by atoms with Crippen molar-refractivity contribution in [1.82, 2.24) is 9.88 Å². The number of hydrogen-bond donors (Lipinski definition) is 3. The predicted molar refractivity (Wildman–Crippen MR) is 90.0 cm³/mol. The third kappa shape index (κ3) is 4.79. The van der Waals surface area contributed by atoms with E-state index in [4.69, 9.17) is 0 Å². The molecule has 0 aromatic carbocycles. The average Bonchev–Trinajstić information content (AvgIpc) is 2.54. The smallest absolute Gasteiger partial charge is 0.310 e. The fourth-order valence-electron chi connectivity index (χ4n) is 2.57. The number of anilines is 2. The maximum absolute atomic E-state index is 11.7. The Morgan fingerprint density at radius 3 is 2.67 bits per heavy atom. The summed E-state index contributed by atoms with van der Waals surface area (Å²) in [5.41, 5.74) is 0.0784. The second-order valence-corrected chi connectivity index (χ2v) is 6.14. The van der Waals surface area contributed by atoms with Crippen molar-refractivity contribution >= 4 is 23.1 Å². The second kappa shape index (κ2) is 7.91. The molecule has 1 aliphatic carbocycles. The second-order valence-electron chi connectivity index (χ2n) is 6.14. The van der Waals surface area contributed by atoms with Gasteiger partial charge >= 0.3 is 5.69 Å². The van der Waals surface area contributed by atoms with Gasteiger partial charge in [0, 0.05) is 26.2 Å². The normalized spacial score (nSPS) is 20.3. The number of amides is 1. The molecule has 9 nitrogen and oxygen atoms in total. The first-order valence-corrected chi connectivity index (χ1v) is 7.90. The van der Waals surface area contributed by atoms with E-state index < -0.39 is 4.92 Å². The Kier molecular flexibility index (Phi) is 5.91. The first kappa shape index (κ1) is 17.9. The molecule has 0 radical (unpaired) electrons. The number of carbonyl (C=O) groups is 1. The summed E-state index contributed by atoms with van der Waals surface area (Å²) in [5, 5.41) is 26.7. The summed E-state index contributed by atoms with van der Waals surface area (Å²) in [5.74, 6) is 0.332. The summed E-state index contributed by atoms with van der Waals surface area (Å²) in [6, 6.07) is 1.73. The molecule has 0 atom stereocenters. The van der Waals surface area contributed by atoms with Gasteiger partial charge in [-0.25, -0.2) is 4.98 Å². The minimum atomic E-state index is -0.532. The Hall–Kier alpha value is -2.42. The van der Waals surface area contributed by atoms with E-state index in [1.165, 1.54) is 11.1 Å². The molecule has 0 bridgehead atoms. The van der Waals surface area contributed by atoms with Gasteiger partial charge in [0.05, 0.1) is 17.6 Å². The number of aromatic nitrogens is 1. The molecule has 1 saturated carbocycles. The summed E-state index contributed by atoms with van der Waals surface area (Å²) < 4.78 is 0. The highest BCUT2D eigenvalue weighted by Crippen LogP contribution is 2.27. The average molecular weight is 337 g/mol. The molecule has 1 aliphatic rings. The molecule has 0 unspecified atom stereocenters. The zero-order valence-electron chi connectivity index (χ0n) is 13.9. The molecule has 132 valence electrons. The van der Waals surface area contributed by atoms with Crippen LogP contribution in [0.15, 0.2) is 12.3 Å². The van der Waals surface area contributed by atoms with Crippen LogP contribution in [0.2, 0.25) is 0 Å². The van der Waals surface area contributed by atoms with Crippen LogP contribution in [0.3, 0.4) is 0 Å². The van der Waals surface area contributed by atoms with Crippen LogP contribution >= 0.6 is 0 Å². The van der Waals surface area contributed by atoms with Crippen LogP contribution in [0.25, 0.3) is 0 Å². The molecule has 1 amide bonds. The number of nitro groups is 1. The standard InChI is InChI=1S/C15H23N5O4/c1-19(2)15(22)9-16-12-7-14(17-8-13(12)20(23)24)18-10-3-5-11(21)6-4-10/h7-8,10-11,21H,3-6,9H2,1-2H3,(H2,16,17,18). The van der Waals surface area contributed by atoms with Crippen molar-refractivity contribution in [2.24, 2.45) is 0 Å². The summed E-state index contributed by atoms with van der Waals surface area (Å²) in [4.78, 5) is 27.8. The summed E-state index contributed by atoms with van der Waals surface area (Å²) in [6.07, 6.45) is 4.04. The lowest BCUT2D eigenvalue weighted by atomic mass is 9.93. The van der Waals surface area contributed by atoms with E-state index >= 15 is 0 Å². The zero-order valence-corrected chi connectivity index (χ0v) is 13.9. The van der Waals surface area contributed by atoms with E-state index in [0.29, 0.717) is 5.82 Å². The van der Waals surface area contributed by atoms with Gasteiger partial charge < -0.3 is 20.6 Å². The highest BCUT2D eigenvalue weighted by molar-refractivity contribution is 5.81. The van der Waals surface area contributed by atoms with Gasteiger partial charge in [-0.2, -0.15) is 0 Å². The molecule has 1 aromatic heterocycles. The Morgan fingerprint density at radius 1 is 1.42 bits per heavy atom.